The van der Waals surface area contributed by atoms with Crippen molar-refractivity contribution in [3.63, 3.8) is 0 Å². The van der Waals surface area contributed by atoms with Crippen LogP contribution in [0.1, 0.15) is 18.7 Å². The zero-order valence-electron chi connectivity index (χ0n) is 9.80. The quantitative estimate of drug-likeness (QED) is 0.595. The fourth-order valence-corrected chi connectivity index (χ4v) is 2.17. The third-order valence-corrected chi connectivity index (χ3v) is 3.29. The third-order valence-electron chi connectivity index (χ3n) is 2.38. The minimum Gasteiger partial charge on any atom is -0.468 e. The molecule has 1 aliphatic carbocycles. The van der Waals surface area contributed by atoms with Gasteiger partial charge in [0, 0.05) is 18.7 Å². The van der Waals surface area contributed by atoms with Gasteiger partial charge in [0.05, 0.1) is 7.11 Å². The van der Waals surface area contributed by atoms with Crippen LogP contribution in [0.25, 0.3) is 0 Å². The van der Waals surface area contributed by atoms with Gasteiger partial charge in [0.2, 0.25) is 5.89 Å². The number of ether oxygens (including phenoxy) is 1. The number of carbonyl (C=O) groups excluding carboxylic acids is 1. The Hall–Kier alpha value is -1.08. The third kappa shape index (κ3) is 3.71. The summed E-state index contributed by atoms with van der Waals surface area (Å²) < 4.78 is 9.98. The Kier molecular flexibility index (Phi) is 4.01. The van der Waals surface area contributed by atoms with Crippen LogP contribution in [0.5, 0.6) is 0 Å². The first kappa shape index (κ1) is 12.4. The first-order valence-electron chi connectivity index (χ1n) is 5.46. The number of hydrogen-bond donors (Lipinski definition) is 1. The molecule has 2 rings (SSSR count). The molecule has 1 aromatic rings. The molecule has 17 heavy (non-hydrogen) atoms. The monoisotopic (exact) mass is 257 g/mol. The molecule has 1 aliphatic rings. The van der Waals surface area contributed by atoms with Gasteiger partial charge in [0.15, 0.2) is 0 Å². The number of esters is 1. The highest BCUT2D eigenvalue weighted by Gasteiger charge is 2.29. The number of rotatable bonds is 6. The van der Waals surface area contributed by atoms with E-state index in [2.05, 4.69) is 15.5 Å². The summed E-state index contributed by atoms with van der Waals surface area (Å²) in [5, 5.41) is 11.3. The highest BCUT2D eigenvalue weighted by Crippen LogP contribution is 2.22. The van der Waals surface area contributed by atoms with Crippen molar-refractivity contribution in [2.24, 2.45) is 0 Å². The van der Waals surface area contributed by atoms with Crippen LogP contribution in [0.15, 0.2) is 9.64 Å². The van der Waals surface area contributed by atoms with E-state index in [-0.39, 0.29) is 12.0 Å². The van der Waals surface area contributed by atoms with Gasteiger partial charge < -0.3 is 14.5 Å². The molecule has 0 saturated heterocycles. The fraction of sp³-hybridized carbons (Fsp3) is 0.700. The molecule has 0 bridgehead atoms. The summed E-state index contributed by atoms with van der Waals surface area (Å²) in [5.74, 6) is 0.808. The van der Waals surface area contributed by atoms with Crippen molar-refractivity contribution in [3.05, 3.63) is 5.89 Å². The van der Waals surface area contributed by atoms with Crippen molar-refractivity contribution < 1.29 is 13.9 Å². The predicted octanol–water partition coefficient (Wildman–Crippen LogP) is 0.764. The molecule has 1 fully saturated rings. The van der Waals surface area contributed by atoms with E-state index < -0.39 is 0 Å². The lowest BCUT2D eigenvalue weighted by Crippen LogP contribution is -2.40. The van der Waals surface area contributed by atoms with Gasteiger partial charge in [-0.2, -0.15) is 0 Å². The van der Waals surface area contributed by atoms with E-state index in [0.29, 0.717) is 22.9 Å². The molecule has 1 aromatic heterocycles. The molecular formula is C10H15N3O3S. The van der Waals surface area contributed by atoms with E-state index in [9.17, 15) is 4.79 Å². The Balaban J connectivity index is 1.85. The number of thioether (sulfide) groups is 1. The Labute approximate surface area is 103 Å². The molecule has 94 valence electrons. The van der Waals surface area contributed by atoms with E-state index in [1.807, 2.05) is 0 Å². The Morgan fingerprint density at radius 2 is 2.41 bits per heavy atom. The van der Waals surface area contributed by atoms with Gasteiger partial charge in [-0.15, -0.1) is 10.2 Å². The lowest BCUT2D eigenvalue weighted by molar-refractivity contribution is -0.142. The zero-order valence-corrected chi connectivity index (χ0v) is 10.6. The van der Waals surface area contributed by atoms with Crippen LogP contribution < -0.4 is 5.32 Å². The summed E-state index contributed by atoms with van der Waals surface area (Å²) in [4.78, 5) is 11.5. The highest BCUT2D eigenvalue weighted by atomic mass is 32.2. The van der Waals surface area contributed by atoms with Crippen molar-refractivity contribution >= 4 is 17.7 Å². The second-order valence-electron chi connectivity index (χ2n) is 3.91. The number of nitrogens with one attached hydrogen (secondary N) is 1. The summed E-state index contributed by atoms with van der Waals surface area (Å²) in [7, 11) is 1.39. The van der Waals surface area contributed by atoms with Crippen molar-refractivity contribution in [2.45, 2.75) is 37.1 Å². The molecule has 1 unspecified atom stereocenters. The number of aryl methyl sites for hydroxylation is 1. The lowest BCUT2D eigenvalue weighted by Gasteiger charge is -2.14. The minimum absolute atomic E-state index is 0.249. The average Bonchev–Trinajstić information content (AvgIpc) is 3.05. The van der Waals surface area contributed by atoms with Gasteiger partial charge in [-0.1, -0.05) is 11.8 Å². The Bertz CT molecular complexity index is 392. The van der Waals surface area contributed by atoms with Gasteiger partial charge in [0.1, 0.15) is 6.04 Å². The topological polar surface area (TPSA) is 77.2 Å². The molecule has 1 saturated carbocycles. The van der Waals surface area contributed by atoms with Gasteiger partial charge in [-0.3, -0.25) is 4.79 Å². The molecule has 0 aliphatic heterocycles. The predicted molar refractivity (Wildman–Crippen MR) is 61.7 cm³/mol. The van der Waals surface area contributed by atoms with E-state index >= 15 is 0 Å². The summed E-state index contributed by atoms with van der Waals surface area (Å²) >= 11 is 1.36. The van der Waals surface area contributed by atoms with E-state index in [1.54, 1.807) is 6.92 Å². The maximum atomic E-state index is 11.5. The molecule has 0 amide bonds. The first-order valence-corrected chi connectivity index (χ1v) is 6.44. The summed E-state index contributed by atoms with van der Waals surface area (Å²) in [5.41, 5.74) is 0. The van der Waals surface area contributed by atoms with Crippen molar-refractivity contribution in [2.75, 3.05) is 12.9 Å². The van der Waals surface area contributed by atoms with Crippen LogP contribution in [-0.2, 0) is 9.53 Å². The van der Waals surface area contributed by atoms with Crippen LogP contribution in [0.3, 0.4) is 0 Å². The molecule has 1 atom stereocenters. The van der Waals surface area contributed by atoms with Gasteiger partial charge in [0.25, 0.3) is 5.22 Å². The maximum Gasteiger partial charge on any atom is 0.323 e. The average molecular weight is 257 g/mol. The standard InChI is InChI=1S/C10H15N3O3S/c1-6-12-13-10(16-6)17-5-8(9(14)15-2)11-7-3-4-7/h7-8,11H,3-5H2,1-2H3. The Morgan fingerprint density at radius 1 is 1.65 bits per heavy atom. The van der Waals surface area contributed by atoms with Crippen LogP contribution in [0.4, 0.5) is 0 Å². The van der Waals surface area contributed by atoms with E-state index in [4.69, 9.17) is 9.15 Å². The summed E-state index contributed by atoms with van der Waals surface area (Å²) in [6.07, 6.45) is 2.25. The maximum absolute atomic E-state index is 11.5. The largest absolute Gasteiger partial charge is 0.468 e. The van der Waals surface area contributed by atoms with Crippen molar-refractivity contribution in [1.29, 1.82) is 0 Å². The van der Waals surface area contributed by atoms with Crippen molar-refractivity contribution in [3.8, 4) is 0 Å². The van der Waals surface area contributed by atoms with Crippen LogP contribution in [0, 0.1) is 6.92 Å². The molecular weight excluding hydrogens is 242 g/mol. The molecule has 0 radical (unpaired) electrons. The molecule has 0 aromatic carbocycles. The molecule has 6 nitrogen and oxygen atoms in total. The summed E-state index contributed by atoms with van der Waals surface area (Å²) in [6.45, 7) is 1.73. The van der Waals surface area contributed by atoms with Crippen LogP contribution in [0.2, 0.25) is 0 Å². The van der Waals surface area contributed by atoms with E-state index in [1.165, 1.54) is 18.9 Å². The SMILES string of the molecule is COC(=O)C(CSc1nnc(C)o1)NC1CC1. The molecule has 0 spiro atoms. The second kappa shape index (κ2) is 5.50. The first-order chi connectivity index (χ1) is 8.19. The zero-order chi connectivity index (χ0) is 12.3. The molecule has 1 N–H and O–H groups in total. The van der Waals surface area contributed by atoms with Crippen molar-refractivity contribution in [1.82, 2.24) is 15.5 Å². The fourth-order valence-electron chi connectivity index (χ4n) is 1.35. The second-order valence-corrected chi connectivity index (χ2v) is 4.89. The number of methoxy groups -OCH3 is 1. The normalized spacial score (nSPS) is 16.8. The van der Waals surface area contributed by atoms with Gasteiger partial charge in [-0.05, 0) is 12.8 Å². The van der Waals surface area contributed by atoms with Gasteiger partial charge >= 0.3 is 5.97 Å². The lowest BCUT2D eigenvalue weighted by atomic mass is 10.3. The van der Waals surface area contributed by atoms with Crippen LogP contribution in [-0.4, -0.2) is 41.1 Å². The number of nitrogens with zero attached hydrogens (tertiary/aromatic N) is 2. The smallest absolute Gasteiger partial charge is 0.323 e. The highest BCUT2D eigenvalue weighted by molar-refractivity contribution is 7.99. The summed E-state index contributed by atoms with van der Waals surface area (Å²) in [6, 6.07) is 0.133. The molecule has 7 heteroatoms. The van der Waals surface area contributed by atoms with Gasteiger partial charge in [-0.25, -0.2) is 0 Å². The van der Waals surface area contributed by atoms with E-state index in [0.717, 1.165) is 12.8 Å². The Morgan fingerprint density at radius 3 is 2.94 bits per heavy atom. The minimum atomic E-state index is -0.315. The number of carbonyl (C=O) groups is 1. The molecule has 1 heterocycles. The van der Waals surface area contributed by atoms with Crippen LogP contribution >= 0.6 is 11.8 Å². The number of hydrogen-bond acceptors (Lipinski definition) is 7. The number of aromatic nitrogens is 2.